The Morgan fingerprint density at radius 3 is 2.45 bits per heavy atom. The zero-order valence-electron chi connectivity index (χ0n) is 10.8. The van der Waals surface area contributed by atoms with E-state index in [1.54, 1.807) is 0 Å². The number of rotatable bonds is 3. The highest BCUT2D eigenvalue weighted by Crippen LogP contribution is 2.29. The van der Waals surface area contributed by atoms with Gasteiger partial charge in [-0.25, -0.2) is 0 Å². The van der Waals surface area contributed by atoms with Crippen LogP contribution in [0, 0.1) is 0 Å². The van der Waals surface area contributed by atoms with Gasteiger partial charge in [-0.2, -0.15) is 13.2 Å². The maximum Gasteiger partial charge on any atom is 0.416 e. The summed E-state index contributed by atoms with van der Waals surface area (Å²) < 4.78 is 37.1. The highest BCUT2D eigenvalue weighted by molar-refractivity contribution is 14.0. The second kappa shape index (κ2) is 7.70. The van der Waals surface area contributed by atoms with Crippen LogP contribution in [0.15, 0.2) is 29.3 Å². The molecule has 0 bridgehead atoms. The number of alkyl halides is 3. The zero-order valence-corrected chi connectivity index (χ0v) is 13.2. The van der Waals surface area contributed by atoms with Crippen LogP contribution < -0.4 is 10.6 Å². The molecule has 7 heteroatoms. The van der Waals surface area contributed by atoms with Gasteiger partial charge in [0.2, 0.25) is 0 Å². The summed E-state index contributed by atoms with van der Waals surface area (Å²) >= 11 is 0. The number of nitrogens with one attached hydrogen (secondary N) is 2. The molecule has 1 aliphatic rings. The van der Waals surface area contributed by atoms with Crippen LogP contribution in [0.3, 0.4) is 0 Å². The van der Waals surface area contributed by atoms with Gasteiger partial charge < -0.3 is 10.6 Å². The Morgan fingerprint density at radius 1 is 1.20 bits per heavy atom. The zero-order chi connectivity index (χ0) is 13.7. The minimum absolute atomic E-state index is 0. The fourth-order valence-corrected chi connectivity index (χ4v) is 1.84. The van der Waals surface area contributed by atoms with E-state index in [0.29, 0.717) is 13.0 Å². The summed E-state index contributed by atoms with van der Waals surface area (Å²) in [6.45, 7) is 2.37. The molecule has 1 heterocycles. The molecule has 0 spiro atoms. The van der Waals surface area contributed by atoms with E-state index in [4.69, 9.17) is 0 Å². The first-order chi connectivity index (χ1) is 9.05. The molecule has 2 N–H and O–H groups in total. The molecule has 2 rings (SSSR count). The lowest BCUT2D eigenvalue weighted by atomic mass is 10.1. The summed E-state index contributed by atoms with van der Waals surface area (Å²) in [5.74, 6) is 0.776. The van der Waals surface area contributed by atoms with Crippen molar-refractivity contribution >= 4 is 29.9 Å². The number of halogens is 4. The Labute approximate surface area is 133 Å². The van der Waals surface area contributed by atoms with Crippen LogP contribution in [0.2, 0.25) is 0 Å². The third-order valence-electron chi connectivity index (χ3n) is 2.88. The Bertz CT molecular complexity index is 443. The summed E-state index contributed by atoms with van der Waals surface area (Å²) in [5.41, 5.74) is 0.263. The third kappa shape index (κ3) is 5.18. The summed E-state index contributed by atoms with van der Waals surface area (Å²) in [4.78, 5) is 4.25. The van der Waals surface area contributed by atoms with E-state index in [1.807, 2.05) is 0 Å². The second-order valence-electron chi connectivity index (χ2n) is 4.38. The number of aliphatic imine (C=N–C) groups is 1. The first kappa shape index (κ1) is 17.1. The SMILES string of the molecule is FC(F)(F)c1ccc(CCNC2=NCCCN2)cc1.I. The smallest absolute Gasteiger partial charge is 0.356 e. The quantitative estimate of drug-likeness (QED) is 0.768. The van der Waals surface area contributed by atoms with Gasteiger partial charge in [-0.1, -0.05) is 12.1 Å². The molecular formula is C13H17F3IN3. The maximum absolute atomic E-state index is 12.4. The molecule has 0 fully saturated rings. The van der Waals surface area contributed by atoms with Crippen molar-refractivity contribution in [2.75, 3.05) is 19.6 Å². The minimum Gasteiger partial charge on any atom is -0.356 e. The normalized spacial score (nSPS) is 14.8. The lowest BCUT2D eigenvalue weighted by Gasteiger charge is -2.16. The molecule has 0 saturated carbocycles. The van der Waals surface area contributed by atoms with E-state index in [-0.39, 0.29) is 24.0 Å². The molecular weight excluding hydrogens is 382 g/mol. The van der Waals surface area contributed by atoms with Crippen molar-refractivity contribution in [1.82, 2.24) is 10.6 Å². The lowest BCUT2D eigenvalue weighted by Crippen LogP contribution is -2.41. The van der Waals surface area contributed by atoms with Gasteiger partial charge in [0.05, 0.1) is 5.56 Å². The molecule has 112 valence electrons. The Balaban J connectivity index is 0.00000200. The average Bonchev–Trinajstić information content (AvgIpc) is 2.39. The summed E-state index contributed by atoms with van der Waals surface area (Å²) in [7, 11) is 0. The van der Waals surface area contributed by atoms with Gasteiger partial charge in [0, 0.05) is 19.6 Å². The number of nitrogens with zero attached hydrogens (tertiary/aromatic N) is 1. The monoisotopic (exact) mass is 399 g/mol. The number of guanidine groups is 1. The van der Waals surface area contributed by atoms with E-state index < -0.39 is 11.7 Å². The molecule has 1 aromatic rings. The van der Waals surface area contributed by atoms with Gasteiger partial charge in [0.15, 0.2) is 5.96 Å². The van der Waals surface area contributed by atoms with Crippen molar-refractivity contribution in [1.29, 1.82) is 0 Å². The van der Waals surface area contributed by atoms with E-state index in [9.17, 15) is 13.2 Å². The van der Waals surface area contributed by atoms with Crippen LogP contribution >= 0.6 is 24.0 Å². The molecule has 1 aromatic carbocycles. The van der Waals surface area contributed by atoms with Crippen molar-refractivity contribution in [3.05, 3.63) is 35.4 Å². The Kier molecular flexibility index (Phi) is 6.57. The van der Waals surface area contributed by atoms with Gasteiger partial charge in [-0.3, -0.25) is 4.99 Å². The molecule has 0 unspecified atom stereocenters. The molecule has 0 saturated heterocycles. The molecule has 0 amide bonds. The van der Waals surface area contributed by atoms with Crippen molar-refractivity contribution < 1.29 is 13.2 Å². The molecule has 0 aliphatic carbocycles. The van der Waals surface area contributed by atoms with Gasteiger partial charge in [-0.05, 0) is 30.5 Å². The second-order valence-corrected chi connectivity index (χ2v) is 4.38. The number of hydrogen-bond donors (Lipinski definition) is 2. The molecule has 0 radical (unpaired) electrons. The van der Waals surface area contributed by atoms with E-state index in [0.717, 1.165) is 43.2 Å². The molecule has 1 aliphatic heterocycles. The Hall–Kier alpha value is -0.990. The molecule has 20 heavy (non-hydrogen) atoms. The van der Waals surface area contributed by atoms with Crippen LogP contribution in [0.4, 0.5) is 13.2 Å². The first-order valence-corrected chi connectivity index (χ1v) is 6.24. The largest absolute Gasteiger partial charge is 0.416 e. The summed E-state index contributed by atoms with van der Waals surface area (Å²) in [6.07, 6.45) is -2.57. The highest BCUT2D eigenvalue weighted by atomic mass is 127. The fourth-order valence-electron chi connectivity index (χ4n) is 1.84. The van der Waals surface area contributed by atoms with E-state index in [2.05, 4.69) is 15.6 Å². The Morgan fingerprint density at radius 2 is 1.90 bits per heavy atom. The number of benzene rings is 1. The van der Waals surface area contributed by atoms with Crippen molar-refractivity contribution in [2.24, 2.45) is 4.99 Å². The highest BCUT2D eigenvalue weighted by Gasteiger charge is 2.29. The molecule has 3 nitrogen and oxygen atoms in total. The van der Waals surface area contributed by atoms with Crippen LogP contribution in [0.1, 0.15) is 17.5 Å². The van der Waals surface area contributed by atoms with Crippen LogP contribution in [0.25, 0.3) is 0 Å². The standard InChI is InChI=1S/C13H16F3N3.HI/c14-13(15,16)11-4-2-10(3-5-11)6-9-19-12-17-7-1-8-18-12;/h2-5H,1,6-9H2,(H2,17,18,19);1H. The van der Waals surface area contributed by atoms with Crippen molar-refractivity contribution in [2.45, 2.75) is 19.0 Å². The maximum atomic E-state index is 12.4. The topological polar surface area (TPSA) is 36.4 Å². The van der Waals surface area contributed by atoms with Crippen molar-refractivity contribution in [3.8, 4) is 0 Å². The third-order valence-corrected chi connectivity index (χ3v) is 2.88. The van der Waals surface area contributed by atoms with Crippen molar-refractivity contribution in [3.63, 3.8) is 0 Å². The summed E-state index contributed by atoms with van der Waals surface area (Å²) in [5, 5.41) is 6.26. The van der Waals surface area contributed by atoms with Gasteiger partial charge in [0.25, 0.3) is 0 Å². The minimum atomic E-state index is -4.27. The van der Waals surface area contributed by atoms with Gasteiger partial charge >= 0.3 is 6.18 Å². The average molecular weight is 399 g/mol. The lowest BCUT2D eigenvalue weighted by molar-refractivity contribution is -0.137. The van der Waals surface area contributed by atoms with Crippen LogP contribution in [-0.4, -0.2) is 25.6 Å². The summed E-state index contributed by atoms with van der Waals surface area (Å²) in [6, 6.07) is 5.26. The molecule has 0 atom stereocenters. The van der Waals surface area contributed by atoms with Gasteiger partial charge in [-0.15, -0.1) is 24.0 Å². The predicted octanol–water partition coefficient (Wildman–Crippen LogP) is 2.80. The van der Waals surface area contributed by atoms with Crippen LogP contribution in [0.5, 0.6) is 0 Å². The first-order valence-electron chi connectivity index (χ1n) is 6.24. The molecule has 0 aromatic heterocycles. The van der Waals surface area contributed by atoms with Gasteiger partial charge in [0.1, 0.15) is 0 Å². The number of hydrogen-bond acceptors (Lipinski definition) is 3. The fraction of sp³-hybridized carbons (Fsp3) is 0.462. The van der Waals surface area contributed by atoms with E-state index in [1.165, 1.54) is 12.1 Å². The van der Waals surface area contributed by atoms with E-state index >= 15 is 0 Å². The predicted molar refractivity (Wildman–Crippen MR) is 83.5 cm³/mol. The van der Waals surface area contributed by atoms with Crippen LogP contribution in [-0.2, 0) is 12.6 Å².